The number of amides is 2. The van der Waals surface area contributed by atoms with Crippen LogP contribution in [0.5, 0.6) is 5.75 Å². The van der Waals surface area contributed by atoms with Gasteiger partial charge in [-0.2, -0.15) is 0 Å². The molecule has 0 bridgehead atoms. The van der Waals surface area contributed by atoms with Gasteiger partial charge in [-0.25, -0.2) is 14.3 Å². The summed E-state index contributed by atoms with van der Waals surface area (Å²) in [6.07, 6.45) is 1.42. The van der Waals surface area contributed by atoms with Crippen LogP contribution in [0.25, 0.3) is 11.2 Å². The third-order valence-electron chi connectivity index (χ3n) is 4.36. The number of nitrogens with one attached hydrogen (secondary N) is 2. The van der Waals surface area contributed by atoms with E-state index in [1.165, 1.54) is 46.8 Å². The Morgan fingerprint density at radius 1 is 1.07 bits per heavy atom. The van der Waals surface area contributed by atoms with Gasteiger partial charge in [-0.15, -0.1) is 0 Å². The smallest absolute Gasteiger partial charge is 0.332 e. The Bertz CT molecular complexity index is 1190. The number of phenols is 1. The zero-order valence-electron chi connectivity index (χ0n) is 15.9. The molecule has 3 aromatic rings. The molecule has 0 aliphatic carbocycles. The number of benzene rings is 1. The fraction of sp³-hybridized carbons (Fsp3) is 0.278. The lowest BCUT2D eigenvalue weighted by atomic mass is 10.2. The van der Waals surface area contributed by atoms with Crippen LogP contribution in [0.4, 0.5) is 0 Å². The van der Waals surface area contributed by atoms with Gasteiger partial charge in [0.15, 0.2) is 11.2 Å². The number of nitrogens with zero attached hydrogens (tertiary/aromatic N) is 4. The topological polar surface area (TPSA) is 140 Å². The first-order valence-corrected chi connectivity index (χ1v) is 8.74. The number of fused-ring (bicyclic) bond motifs is 1. The third kappa shape index (κ3) is 4.03. The van der Waals surface area contributed by atoms with Crippen molar-refractivity contribution in [1.82, 2.24) is 29.3 Å². The highest BCUT2D eigenvalue weighted by Gasteiger charge is 2.16. The molecular weight excluding hydrogens is 380 g/mol. The van der Waals surface area contributed by atoms with E-state index < -0.39 is 23.7 Å². The maximum absolute atomic E-state index is 12.6. The van der Waals surface area contributed by atoms with Crippen LogP contribution in [-0.4, -0.2) is 48.7 Å². The van der Waals surface area contributed by atoms with Crippen molar-refractivity contribution in [3.63, 3.8) is 0 Å². The first kappa shape index (κ1) is 19.9. The molecular formula is C18H20N6O5. The lowest BCUT2D eigenvalue weighted by molar-refractivity contribution is -0.121. The normalized spacial score (nSPS) is 10.8. The lowest BCUT2D eigenvalue weighted by Gasteiger charge is -2.10. The summed E-state index contributed by atoms with van der Waals surface area (Å²) in [5.74, 6) is -0.838. The van der Waals surface area contributed by atoms with Gasteiger partial charge in [-0.05, 0) is 24.3 Å². The number of aromatic hydroxyl groups is 1. The van der Waals surface area contributed by atoms with Gasteiger partial charge < -0.3 is 20.3 Å². The number of hydrogen-bond donors (Lipinski definition) is 3. The van der Waals surface area contributed by atoms with Crippen LogP contribution in [0.2, 0.25) is 0 Å². The maximum atomic E-state index is 12.6. The Kier molecular flexibility index (Phi) is 5.48. The molecule has 11 nitrogen and oxygen atoms in total. The molecule has 0 spiro atoms. The number of aromatic nitrogens is 4. The minimum Gasteiger partial charge on any atom is -0.508 e. The van der Waals surface area contributed by atoms with Gasteiger partial charge in [0.1, 0.15) is 12.3 Å². The van der Waals surface area contributed by atoms with Crippen LogP contribution in [-0.2, 0) is 25.4 Å². The highest BCUT2D eigenvalue weighted by Crippen LogP contribution is 2.09. The maximum Gasteiger partial charge on any atom is 0.332 e. The van der Waals surface area contributed by atoms with Crippen LogP contribution < -0.4 is 21.9 Å². The van der Waals surface area contributed by atoms with Gasteiger partial charge in [0.05, 0.1) is 6.33 Å². The van der Waals surface area contributed by atoms with E-state index in [-0.39, 0.29) is 35.9 Å². The summed E-state index contributed by atoms with van der Waals surface area (Å²) < 4.78 is 3.54. The molecule has 152 valence electrons. The molecule has 0 atom stereocenters. The number of carbonyl (C=O) groups is 2. The number of imidazole rings is 1. The predicted octanol–water partition coefficient (Wildman–Crippen LogP) is -1.31. The summed E-state index contributed by atoms with van der Waals surface area (Å²) in [5.41, 5.74) is -0.401. The van der Waals surface area contributed by atoms with E-state index in [1.54, 1.807) is 7.05 Å². The number of hydrogen-bond acceptors (Lipinski definition) is 6. The molecule has 1 aromatic carbocycles. The summed E-state index contributed by atoms with van der Waals surface area (Å²) in [7, 11) is 3.10. The van der Waals surface area contributed by atoms with Crippen LogP contribution >= 0.6 is 0 Å². The Balaban J connectivity index is 1.59. The molecule has 29 heavy (non-hydrogen) atoms. The average Bonchev–Trinajstić information content (AvgIpc) is 3.09. The second kappa shape index (κ2) is 8.00. The van der Waals surface area contributed by atoms with Crippen molar-refractivity contribution in [2.24, 2.45) is 14.1 Å². The van der Waals surface area contributed by atoms with Crippen LogP contribution in [0.15, 0.2) is 40.2 Å². The van der Waals surface area contributed by atoms with Crippen molar-refractivity contribution in [1.29, 1.82) is 0 Å². The molecule has 0 saturated heterocycles. The molecule has 0 radical (unpaired) electrons. The molecule has 0 saturated carbocycles. The lowest BCUT2D eigenvalue weighted by Crippen LogP contribution is -2.44. The van der Waals surface area contributed by atoms with Gasteiger partial charge >= 0.3 is 5.69 Å². The molecule has 0 fully saturated rings. The zero-order valence-corrected chi connectivity index (χ0v) is 15.9. The van der Waals surface area contributed by atoms with E-state index in [2.05, 4.69) is 15.6 Å². The van der Waals surface area contributed by atoms with E-state index in [0.717, 1.165) is 4.57 Å². The van der Waals surface area contributed by atoms with Crippen molar-refractivity contribution in [3.05, 3.63) is 57.0 Å². The Labute approximate surface area is 164 Å². The molecule has 11 heteroatoms. The molecule has 3 N–H and O–H groups in total. The predicted molar refractivity (Wildman–Crippen MR) is 104 cm³/mol. The van der Waals surface area contributed by atoms with Crippen molar-refractivity contribution in [2.75, 3.05) is 13.1 Å². The number of rotatable bonds is 6. The molecule has 0 aliphatic heterocycles. The quantitative estimate of drug-likeness (QED) is 0.439. The van der Waals surface area contributed by atoms with Gasteiger partial charge in [0.25, 0.3) is 11.5 Å². The minimum atomic E-state index is -0.642. The van der Waals surface area contributed by atoms with Crippen LogP contribution in [0.1, 0.15) is 10.4 Å². The number of aryl methyl sites for hydroxylation is 2. The Morgan fingerprint density at radius 3 is 2.41 bits per heavy atom. The van der Waals surface area contributed by atoms with Crippen molar-refractivity contribution in [3.8, 4) is 5.75 Å². The highest BCUT2D eigenvalue weighted by molar-refractivity contribution is 5.94. The van der Waals surface area contributed by atoms with Crippen molar-refractivity contribution in [2.45, 2.75) is 6.54 Å². The molecule has 3 rings (SSSR count). The molecule has 0 aliphatic rings. The monoisotopic (exact) mass is 400 g/mol. The fourth-order valence-corrected chi connectivity index (χ4v) is 2.83. The summed E-state index contributed by atoms with van der Waals surface area (Å²) in [6, 6.07) is 5.74. The van der Waals surface area contributed by atoms with Crippen LogP contribution in [0, 0.1) is 0 Å². The SMILES string of the molecule is Cn1cnc2c1c(=O)n(CC(=O)NCCNC(=O)c1ccc(O)cc1)c(=O)n2C. The molecule has 2 aromatic heterocycles. The Hall–Kier alpha value is -3.89. The Morgan fingerprint density at radius 2 is 1.72 bits per heavy atom. The van der Waals surface area contributed by atoms with Gasteiger partial charge in [0, 0.05) is 32.7 Å². The van der Waals surface area contributed by atoms with Crippen molar-refractivity contribution >= 4 is 23.0 Å². The summed E-state index contributed by atoms with van der Waals surface area (Å²) in [6.45, 7) is -0.177. The van der Waals surface area contributed by atoms with Gasteiger partial charge in [-0.3, -0.25) is 19.0 Å². The highest BCUT2D eigenvalue weighted by atomic mass is 16.3. The third-order valence-corrected chi connectivity index (χ3v) is 4.36. The van der Waals surface area contributed by atoms with E-state index in [4.69, 9.17) is 0 Å². The second-order valence-corrected chi connectivity index (χ2v) is 6.41. The van der Waals surface area contributed by atoms with E-state index >= 15 is 0 Å². The average molecular weight is 400 g/mol. The summed E-state index contributed by atoms with van der Waals surface area (Å²) in [5, 5.41) is 14.4. The first-order valence-electron chi connectivity index (χ1n) is 8.74. The van der Waals surface area contributed by atoms with Gasteiger partial charge in [0.2, 0.25) is 5.91 Å². The summed E-state index contributed by atoms with van der Waals surface area (Å²) >= 11 is 0. The number of carbonyl (C=O) groups excluding carboxylic acids is 2. The molecule has 2 heterocycles. The minimum absolute atomic E-state index is 0.0551. The van der Waals surface area contributed by atoms with E-state index in [9.17, 15) is 24.3 Å². The standard InChI is InChI=1S/C18H20N6O5/c1-22-10-21-15-14(22)17(28)24(18(29)23(15)2)9-13(26)19-7-8-20-16(27)11-3-5-12(25)6-4-11/h3-6,10,25H,7-9H2,1-2H3,(H,19,26)(H,20,27). The van der Waals surface area contributed by atoms with Crippen molar-refractivity contribution < 1.29 is 14.7 Å². The van der Waals surface area contributed by atoms with E-state index in [0.29, 0.717) is 5.56 Å². The molecule has 2 amide bonds. The second-order valence-electron chi connectivity index (χ2n) is 6.41. The number of phenolic OH excluding ortho intramolecular Hbond substituents is 1. The summed E-state index contributed by atoms with van der Waals surface area (Å²) in [4.78, 5) is 53.1. The van der Waals surface area contributed by atoms with E-state index in [1.807, 2.05) is 0 Å². The fourth-order valence-electron chi connectivity index (χ4n) is 2.83. The molecule has 0 unspecified atom stereocenters. The first-order chi connectivity index (χ1) is 13.8. The van der Waals surface area contributed by atoms with Crippen LogP contribution in [0.3, 0.4) is 0 Å². The van der Waals surface area contributed by atoms with Gasteiger partial charge in [-0.1, -0.05) is 0 Å². The zero-order chi connectivity index (χ0) is 21.1. The largest absolute Gasteiger partial charge is 0.508 e.